The van der Waals surface area contributed by atoms with Crippen LogP contribution in [0.2, 0.25) is 0 Å². The fourth-order valence-electron chi connectivity index (χ4n) is 2.78. The number of rotatable bonds is 7. The van der Waals surface area contributed by atoms with Crippen molar-refractivity contribution < 1.29 is 23.8 Å². The van der Waals surface area contributed by atoms with E-state index in [2.05, 4.69) is 10.3 Å². The first-order chi connectivity index (χ1) is 14.7. The second-order valence-electron chi connectivity index (χ2n) is 6.30. The van der Waals surface area contributed by atoms with Gasteiger partial charge in [-0.15, -0.1) is 11.8 Å². The standard InChI is InChI=1S/C22H18N2O5S/c25-21(24-15-8-9-18-19(11-15)29-14-28-18)13-30-20-7-2-1-6-17(20)22(26)27-12-16-5-3-4-10-23-16/h1-11H,12-14H2,(H,24,25). The fourth-order valence-corrected chi connectivity index (χ4v) is 3.62. The first-order valence-corrected chi connectivity index (χ1v) is 10.2. The van der Waals surface area contributed by atoms with Crippen LogP contribution in [0.25, 0.3) is 0 Å². The highest BCUT2D eigenvalue weighted by Gasteiger charge is 2.16. The molecular weight excluding hydrogens is 404 g/mol. The quantitative estimate of drug-likeness (QED) is 0.456. The largest absolute Gasteiger partial charge is 0.456 e. The number of fused-ring (bicyclic) bond motifs is 1. The zero-order valence-corrected chi connectivity index (χ0v) is 16.7. The van der Waals surface area contributed by atoms with Gasteiger partial charge in [-0.2, -0.15) is 0 Å². The van der Waals surface area contributed by atoms with Gasteiger partial charge in [0, 0.05) is 22.8 Å². The third kappa shape index (κ3) is 4.90. The number of nitrogens with one attached hydrogen (secondary N) is 1. The molecule has 2 aromatic carbocycles. The van der Waals surface area contributed by atoms with Crippen LogP contribution < -0.4 is 14.8 Å². The molecule has 1 aliphatic heterocycles. The maximum absolute atomic E-state index is 12.5. The molecule has 7 nitrogen and oxygen atoms in total. The number of pyridine rings is 1. The lowest BCUT2D eigenvalue weighted by molar-refractivity contribution is -0.113. The highest BCUT2D eigenvalue weighted by molar-refractivity contribution is 8.00. The Morgan fingerprint density at radius 2 is 1.87 bits per heavy atom. The van der Waals surface area contributed by atoms with Crippen LogP contribution in [0.4, 0.5) is 5.69 Å². The summed E-state index contributed by atoms with van der Waals surface area (Å²) in [6.07, 6.45) is 1.64. The van der Waals surface area contributed by atoms with Gasteiger partial charge < -0.3 is 19.5 Å². The Kier molecular flexibility index (Phi) is 6.14. The number of ether oxygens (including phenoxy) is 3. The lowest BCUT2D eigenvalue weighted by Crippen LogP contribution is -2.14. The van der Waals surface area contributed by atoms with Gasteiger partial charge in [-0.1, -0.05) is 18.2 Å². The molecule has 1 aliphatic rings. The number of carbonyl (C=O) groups excluding carboxylic acids is 2. The van der Waals surface area contributed by atoms with Crippen molar-refractivity contribution in [2.24, 2.45) is 0 Å². The van der Waals surface area contributed by atoms with E-state index in [9.17, 15) is 9.59 Å². The first-order valence-electron chi connectivity index (χ1n) is 9.17. The summed E-state index contributed by atoms with van der Waals surface area (Å²) in [7, 11) is 0. The number of hydrogen-bond acceptors (Lipinski definition) is 7. The highest BCUT2D eigenvalue weighted by Crippen LogP contribution is 2.34. The summed E-state index contributed by atoms with van der Waals surface area (Å²) in [6, 6.07) is 17.7. The minimum Gasteiger partial charge on any atom is -0.456 e. The molecule has 2 heterocycles. The molecule has 1 N–H and O–H groups in total. The van der Waals surface area contributed by atoms with Crippen molar-refractivity contribution in [1.29, 1.82) is 0 Å². The number of carbonyl (C=O) groups is 2. The van der Waals surface area contributed by atoms with Gasteiger partial charge in [-0.05, 0) is 36.4 Å². The summed E-state index contributed by atoms with van der Waals surface area (Å²) in [5.41, 5.74) is 1.70. The summed E-state index contributed by atoms with van der Waals surface area (Å²) < 4.78 is 15.9. The van der Waals surface area contributed by atoms with E-state index in [4.69, 9.17) is 14.2 Å². The van der Waals surface area contributed by atoms with Crippen LogP contribution >= 0.6 is 11.8 Å². The number of anilines is 1. The Labute approximate surface area is 177 Å². The molecule has 30 heavy (non-hydrogen) atoms. The maximum atomic E-state index is 12.5. The van der Waals surface area contributed by atoms with Crippen LogP contribution in [-0.2, 0) is 16.1 Å². The Bertz CT molecular complexity index is 1060. The Morgan fingerprint density at radius 1 is 1.03 bits per heavy atom. The number of benzene rings is 2. The van der Waals surface area contributed by atoms with Crippen molar-refractivity contribution in [3.8, 4) is 11.5 Å². The average molecular weight is 422 g/mol. The molecule has 1 aromatic heterocycles. The van der Waals surface area contributed by atoms with E-state index in [1.165, 1.54) is 11.8 Å². The van der Waals surface area contributed by atoms with Gasteiger partial charge in [0.1, 0.15) is 6.61 Å². The average Bonchev–Trinajstić information content (AvgIpc) is 3.25. The van der Waals surface area contributed by atoms with Crippen molar-refractivity contribution in [3.05, 3.63) is 78.1 Å². The number of aromatic nitrogens is 1. The van der Waals surface area contributed by atoms with Crippen molar-refractivity contribution in [3.63, 3.8) is 0 Å². The predicted octanol–water partition coefficient (Wildman–Crippen LogP) is 3.90. The number of hydrogen-bond donors (Lipinski definition) is 1. The lowest BCUT2D eigenvalue weighted by atomic mass is 10.2. The van der Waals surface area contributed by atoms with E-state index in [0.29, 0.717) is 33.3 Å². The predicted molar refractivity (Wildman–Crippen MR) is 112 cm³/mol. The van der Waals surface area contributed by atoms with E-state index < -0.39 is 5.97 Å². The molecule has 0 spiro atoms. The summed E-state index contributed by atoms with van der Waals surface area (Å²) in [4.78, 5) is 29.6. The van der Waals surface area contributed by atoms with Gasteiger partial charge in [-0.3, -0.25) is 9.78 Å². The van der Waals surface area contributed by atoms with Gasteiger partial charge >= 0.3 is 5.97 Å². The normalized spacial score (nSPS) is 11.7. The van der Waals surface area contributed by atoms with E-state index >= 15 is 0 Å². The van der Waals surface area contributed by atoms with E-state index in [1.54, 1.807) is 54.7 Å². The van der Waals surface area contributed by atoms with Gasteiger partial charge in [0.15, 0.2) is 11.5 Å². The summed E-state index contributed by atoms with van der Waals surface area (Å²) >= 11 is 1.27. The fraction of sp³-hybridized carbons (Fsp3) is 0.136. The molecule has 0 saturated heterocycles. The zero-order chi connectivity index (χ0) is 20.8. The monoisotopic (exact) mass is 422 g/mol. The van der Waals surface area contributed by atoms with E-state index in [0.717, 1.165) is 0 Å². The molecule has 0 bridgehead atoms. The molecule has 0 atom stereocenters. The van der Waals surface area contributed by atoms with Crippen LogP contribution in [0.5, 0.6) is 11.5 Å². The third-order valence-corrected chi connectivity index (χ3v) is 5.27. The molecule has 0 saturated carbocycles. The molecule has 152 valence electrons. The van der Waals surface area contributed by atoms with Crippen molar-refractivity contribution in [1.82, 2.24) is 4.98 Å². The molecule has 4 rings (SSSR count). The first kappa shape index (κ1) is 19.8. The second-order valence-corrected chi connectivity index (χ2v) is 7.32. The number of esters is 1. The highest BCUT2D eigenvalue weighted by atomic mass is 32.2. The van der Waals surface area contributed by atoms with E-state index in [1.807, 2.05) is 12.1 Å². The molecule has 3 aromatic rings. The molecule has 0 fully saturated rings. The smallest absolute Gasteiger partial charge is 0.339 e. The molecule has 1 amide bonds. The van der Waals surface area contributed by atoms with Gasteiger partial charge in [-0.25, -0.2) is 4.79 Å². The lowest BCUT2D eigenvalue weighted by Gasteiger charge is -2.10. The topological polar surface area (TPSA) is 86.8 Å². The number of nitrogens with zero attached hydrogens (tertiary/aromatic N) is 1. The Balaban J connectivity index is 1.34. The SMILES string of the molecule is O=C(CSc1ccccc1C(=O)OCc1ccccn1)Nc1ccc2c(c1)OCO2. The van der Waals surface area contributed by atoms with Crippen LogP contribution in [0, 0.1) is 0 Å². The van der Waals surface area contributed by atoms with Crippen LogP contribution in [0.1, 0.15) is 16.1 Å². The van der Waals surface area contributed by atoms with Gasteiger partial charge in [0.25, 0.3) is 0 Å². The second kappa shape index (κ2) is 9.32. The molecule has 0 aliphatic carbocycles. The minimum absolute atomic E-state index is 0.0866. The van der Waals surface area contributed by atoms with Crippen molar-refractivity contribution in [2.75, 3.05) is 17.9 Å². The van der Waals surface area contributed by atoms with Crippen LogP contribution in [0.15, 0.2) is 71.8 Å². The van der Waals surface area contributed by atoms with Crippen molar-refractivity contribution >= 4 is 29.3 Å². The minimum atomic E-state index is -0.458. The van der Waals surface area contributed by atoms with E-state index in [-0.39, 0.29) is 25.1 Å². The zero-order valence-electron chi connectivity index (χ0n) is 15.9. The molecule has 0 unspecified atom stereocenters. The summed E-state index contributed by atoms with van der Waals surface area (Å²) in [6.45, 7) is 0.263. The molecule has 8 heteroatoms. The van der Waals surface area contributed by atoms with Crippen LogP contribution in [0.3, 0.4) is 0 Å². The van der Waals surface area contributed by atoms with Crippen LogP contribution in [-0.4, -0.2) is 29.4 Å². The molecular formula is C22H18N2O5S. The summed E-state index contributed by atoms with van der Waals surface area (Å²) in [5.74, 6) is 0.733. The summed E-state index contributed by atoms with van der Waals surface area (Å²) in [5, 5.41) is 2.82. The maximum Gasteiger partial charge on any atom is 0.339 e. The van der Waals surface area contributed by atoms with Gasteiger partial charge in [0.05, 0.1) is 17.0 Å². The number of amides is 1. The third-order valence-electron chi connectivity index (χ3n) is 4.20. The Morgan fingerprint density at radius 3 is 2.73 bits per heavy atom. The number of thioether (sulfide) groups is 1. The van der Waals surface area contributed by atoms with Crippen molar-refractivity contribution in [2.45, 2.75) is 11.5 Å². The Hall–Kier alpha value is -3.52. The van der Waals surface area contributed by atoms with Gasteiger partial charge in [0.2, 0.25) is 12.7 Å². The molecule has 0 radical (unpaired) electrons.